The van der Waals surface area contributed by atoms with Crippen LogP contribution in [0.3, 0.4) is 0 Å². The van der Waals surface area contributed by atoms with Gasteiger partial charge in [0.25, 0.3) is 0 Å². The lowest BCUT2D eigenvalue weighted by atomic mass is 10.0. The summed E-state index contributed by atoms with van der Waals surface area (Å²) >= 11 is 0. The zero-order valence-corrected chi connectivity index (χ0v) is 27.3. The molecule has 1 amide bonds. The van der Waals surface area contributed by atoms with Crippen LogP contribution in [0.2, 0.25) is 0 Å². The first-order chi connectivity index (χ1) is 20.2. The Balaban J connectivity index is 3.68. The van der Waals surface area contributed by atoms with Crippen molar-refractivity contribution < 1.29 is 15.0 Å². The third-order valence-corrected chi connectivity index (χ3v) is 7.87. The molecule has 3 N–H and O–H groups in total. The van der Waals surface area contributed by atoms with E-state index in [-0.39, 0.29) is 12.5 Å². The lowest BCUT2D eigenvalue weighted by Gasteiger charge is -2.20. The molecule has 0 saturated heterocycles. The number of amides is 1. The molecule has 0 aliphatic heterocycles. The Morgan fingerprint density at radius 3 is 1.49 bits per heavy atom. The molecular formula is C37H69NO3. The second-order valence-electron chi connectivity index (χ2n) is 11.9. The molecule has 0 aromatic heterocycles. The maximum Gasteiger partial charge on any atom is 0.220 e. The van der Waals surface area contributed by atoms with Crippen molar-refractivity contribution in [1.82, 2.24) is 5.32 Å². The van der Waals surface area contributed by atoms with Gasteiger partial charge in [-0.05, 0) is 51.4 Å². The van der Waals surface area contributed by atoms with Gasteiger partial charge in [0, 0.05) is 6.42 Å². The van der Waals surface area contributed by atoms with Gasteiger partial charge >= 0.3 is 0 Å². The fourth-order valence-corrected chi connectivity index (χ4v) is 5.09. The van der Waals surface area contributed by atoms with Crippen LogP contribution in [0, 0.1) is 0 Å². The quantitative estimate of drug-likeness (QED) is 0.0569. The van der Waals surface area contributed by atoms with Crippen LogP contribution < -0.4 is 5.32 Å². The van der Waals surface area contributed by atoms with Crippen molar-refractivity contribution in [3.05, 3.63) is 36.5 Å². The number of hydrogen-bond acceptors (Lipinski definition) is 3. The zero-order valence-electron chi connectivity index (χ0n) is 27.3. The lowest BCUT2D eigenvalue weighted by molar-refractivity contribution is -0.123. The molecule has 240 valence electrons. The molecule has 0 heterocycles. The molecule has 2 atom stereocenters. The summed E-state index contributed by atoms with van der Waals surface area (Å²) in [5.41, 5.74) is 0. The van der Waals surface area contributed by atoms with Crippen molar-refractivity contribution in [2.45, 2.75) is 187 Å². The van der Waals surface area contributed by atoms with Crippen LogP contribution >= 0.6 is 0 Å². The lowest BCUT2D eigenvalue weighted by Crippen LogP contribution is -2.45. The summed E-state index contributed by atoms with van der Waals surface area (Å²) in [4.78, 5) is 12.3. The van der Waals surface area contributed by atoms with Gasteiger partial charge in [0.15, 0.2) is 0 Å². The molecule has 0 aliphatic rings. The van der Waals surface area contributed by atoms with Gasteiger partial charge in [-0.3, -0.25) is 4.79 Å². The SMILES string of the molecule is CCCCCC/C=C\C/C=C\CCCCCCCC(=O)NC(CO)C(O)/C=C/CCCCCCCCCCCCC. The van der Waals surface area contributed by atoms with Crippen LogP contribution in [0.15, 0.2) is 36.5 Å². The molecule has 0 aromatic rings. The summed E-state index contributed by atoms with van der Waals surface area (Å²) in [6.07, 6.45) is 42.2. The molecule has 0 radical (unpaired) electrons. The van der Waals surface area contributed by atoms with Crippen molar-refractivity contribution in [1.29, 1.82) is 0 Å². The predicted octanol–water partition coefficient (Wildman–Crippen LogP) is 10.3. The molecular weight excluding hydrogens is 506 g/mol. The van der Waals surface area contributed by atoms with Gasteiger partial charge in [0.1, 0.15) is 0 Å². The van der Waals surface area contributed by atoms with Gasteiger partial charge in [0.05, 0.1) is 18.8 Å². The number of rotatable bonds is 31. The van der Waals surface area contributed by atoms with Crippen LogP contribution in [-0.2, 0) is 4.79 Å². The normalized spacial score (nSPS) is 13.6. The highest BCUT2D eigenvalue weighted by molar-refractivity contribution is 5.76. The van der Waals surface area contributed by atoms with Gasteiger partial charge < -0.3 is 15.5 Å². The van der Waals surface area contributed by atoms with E-state index in [1.807, 2.05) is 6.08 Å². The molecule has 0 spiro atoms. The topological polar surface area (TPSA) is 69.6 Å². The van der Waals surface area contributed by atoms with Gasteiger partial charge in [-0.2, -0.15) is 0 Å². The zero-order chi connectivity index (χ0) is 30.1. The number of allylic oxidation sites excluding steroid dienone is 5. The van der Waals surface area contributed by atoms with E-state index in [9.17, 15) is 15.0 Å². The Bertz CT molecular complexity index is 628. The Hall–Kier alpha value is -1.39. The summed E-state index contributed by atoms with van der Waals surface area (Å²) in [5, 5.41) is 22.8. The molecule has 4 heteroatoms. The van der Waals surface area contributed by atoms with Gasteiger partial charge in [-0.1, -0.05) is 153 Å². The first-order valence-electron chi connectivity index (χ1n) is 17.7. The van der Waals surface area contributed by atoms with Gasteiger partial charge in [0.2, 0.25) is 5.91 Å². The Morgan fingerprint density at radius 2 is 1.00 bits per heavy atom. The minimum atomic E-state index is -0.842. The molecule has 0 saturated carbocycles. The molecule has 0 aliphatic carbocycles. The van der Waals surface area contributed by atoms with E-state index in [2.05, 4.69) is 43.5 Å². The monoisotopic (exact) mass is 576 g/mol. The maximum absolute atomic E-state index is 12.3. The summed E-state index contributed by atoms with van der Waals surface area (Å²) < 4.78 is 0. The molecule has 41 heavy (non-hydrogen) atoms. The molecule has 0 fully saturated rings. The molecule has 4 nitrogen and oxygen atoms in total. The fraction of sp³-hybridized carbons (Fsp3) is 0.811. The number of hydrogen-bond donors (Lipinski definition) is 3. The van der Waals surface area contributed by atoms with Crippen molar-refractivity contribution in [2.75, 3.05) is 6.61 Å². The van der Waals surface area contributed by atoms with Crippen molar-refractivity contribution in [3.63, 3.8) is 0 Å². The van der Waals surface area contributed by atoms with Crippen molar-refractivity contribution in [2.24, 2.45) is 0 Å². The smallest absolute Gasteiger partial charge is 0.220 e. The Kier molecular flexibility index (Phi) is 32.0. The van der Waals surface area contributed by atoms with E-state index in [0.717, 1.165) is 44.9 Å². The van der Waals surface area contributed by atoms with Gasteiger partial charge in [-0.15, -0.1) is 0 Å². The van der Waals surface area contributed by atoms with Crippen LogP contribution in [0.4, 0.5) is 0 Å². The van der Waals surface area contributed by atoms with Crippen LogP contribution in [-0.4, -0.2) is 34.9 Å². The van der Waals surface area contributed by atoms with Crippen LogP contribution in [0.25, 0.3) is 0 Å². The predicted molar refractivity (Wildman–Crippen MR) is 179 cm³/mol. The summed E-state index contributed by atoms with van der Waals surface area (Å²) in [6, 6.07) is -0.626. The number of aliphatic hydroxyl groups excluding tert-OH is 2. The van der Waals surface area contributed by atoms with E-state index < -0.39 is 12.1 Å². The Morgan fingerprint density at radius 1 is 0.585 bits per heavy atom. The molecule has 0 bridgehead atoms. The minimum absolute atomic E-state index is 0.0804. The number of unbranched alkanes of at least 4 members (excludes halogenated alkanes) is 20. The standard InChI is InChI=1S/C37H69NO3/c1-3-5-7-9-11-13-15-17-18-19-21-23-25-27-29-31-33-37(41)38-35(34-39)36(40)32-30-28-26-24-22-20-16-14-12-10-8-6-4-2/h13,15,18-19,30,32,35-36,39-40H,3-12,14,16-17,20-29,31,33-34H2,1-2H3,(H,38,41)/b15-13-,19-18-,32-30+. The minimum Gasteiger partial charge on any atom is -0.394 e. The number of nitrogens with one attached hydrogen (secondary N) is 1. The Labute approximate surface area is 255 Å². The average Bonchev–Trinajstić information content (AvgIpc) is 2.97. The fourth-order valence-electron chi connectivity index (χ4n) is 5.09. The van der Waals surface area contributed by atoms with E-state index in [1.54, 1.807) is 6.08 Å². The second kappa shape index (κ2) is 33.1. The van der Waals surface area contributed by atoms with Crippen molar-refractivity contribution in [3.8, 4) is 0 Å². The maximum atomic E-state index is 12.3. The highest BCUT2D eigenvalue weighted by Gasteiger charge is 2.17. The first kappa shape index (κ1) is 39.6. The number of aliphatic hydroxyl groups is 2. The van der Waals surface area contributed by atoms with E-state index in [0.29, 0.717) is 6.42 Å². The molecule has 0 aromatic carbocycles. The third-order valence-electron chi connectivity index (χ3n) is 7.87. The third kappa shape index (κ3) is 29.9. The van der Waals surface area contributed by atoms with Gasteiger partial charge in [-0.25, -0.2) is 0 Å². The van der Waals surface area contributed by atoms with Crippen LogP contribution in [0.1, 0.15) is 174 Å². The van der Waals surface area contributed by atoms with Crippen LogP contribution in [0.5, 0.6) is 0 Å². The highest BCUT2D eigenvalue weighted by Crippen LogP contribution is 2.13. The van der Waals surface area contributed by atoms with E-state index >= 15 is 0 Å². The largest absolute Gasteiger partial charge is 0.394 e. The molecule has 2 unspecified atom stereocenters. The highest BCUT2D eigenvalue weighted by atomic mass is 16.3. The average molecular weight is 576 g/mol. The summed E-state index contributed by atoms with van der Waals surface area (Å²) in [6.45, 7) is 4.26. The van der Waals surface area contributed by atoms with E-state index in [1.165, 1.54) is 109 Å². The number of carbonyl (C=O) groups is 1. The summed E-state index contributed by atoms with van der Waals surface area (Å²) in [7, 11) is 0. The number of carbonyl (C=O) groups excluding carboxylic acids is 1. The van der Waals surface area contributed by atoms with Crippen molar-refractivity contribution >= 4 is 5.91 Å². The molecule has 0 rings (SSSR count). The first-order valence-corrected chi connectivity index (χ1v) is 17.7. The second-order valence-corrected chi connectivity index (χ2v) is 11.9. The summed E-state index contributed by atoms with van der Waals surface area (Å²) in [5.74, 6) is -0.0804. The van der Waals surface area contributed by atoms with E-state index in [4.69, 9.17) is 0 Å².